The van der Waals surface area contributed by atoms with E-state index < -0.39 is 5.60 Å². The summed E-state index contributed by atoms with van der Waals surface area (Å²) in [7, 11) is 1.88. The number of carbonyl (C=O) groups is 1. The number of aryl methyl sites for hydroxylation is 1. The van der Waals surface area contributed by atoms with Crippen LogP contribution in [-0.4, -0.2) is 57.8 Å². The zero-order valence-corrected chi connectivity index (χ0v) is 17.8. The van der Waals surface area contributed by atoms with Crippen molar-refractivity contribution in [2.45, 2.75) is 57.6 Å². The summed E-state index contributed by atoms with van der Waals surface area (Å²) >= 11 is 0. The van der Waals surface area contributed by atoms with Crippen molar-refractivity contribution in [3.8, 4) is 17.3 Å². The number of nitrogens with zero attached hydrogens (tertiary/aromatic N) is 4. The van der Waals surface area contributed by atoms with E-state index in [1.54, 1.807) is 18.3 Å². The molecule has 2 aromatic rings. The van der Waals surface area contributed by atoms with Crippen LogP contribution in [0.5, 0.6) is 5.75 Å². The van der Waals surface area contributed by atoms with Gasteiger partial charge in [-0.3, -0.25) is 9.78 Å². The molecule has 0 aromatic carbocycles. The number of fused-ring (bicyclic) bond motifs is 1. The molecule has 0 aliphatic heterocycles. The fraction of sp³-hybridized carbons (Fsp3) is 0.545. The van der Waals surface area contributed by atoms with Gasteiger partial charge in [0.25, 0.3) is 0 Å². The number of carbonyl (C=O) groups excluding carboxylic acids is 1. The Hall–Kier alpha value is -2.74. The summed E-state index contributed by atoms with van der Waals surface area (Å²) in [6.45, 7) is 4.40. The first kappa shape index (κ1) is 20.5. The third kappa shape index (κ3) is 4.70. The monoisotopic (exact) mass is 411 g/mol. The fourth-order valence-corrected chi connectivity index (χ4v) is 3.63. The van der Waals surface area contributed by atoms with Crippen molar-refractivity contribution in [3.63, 3.8) is 0 Å². The highest BCUT2D eigenvalue weighted by Crippen LogP contribution is 2.36. The highest BCUT2D eigenvalue weighted by molar-refractivity contribution is 5.81. The third-order valence-corrected chi connectivity index (χ3v) is 5.40. The molecule has 8 nitrogen and oxygen atoms in total. The summed E-state index contributed by atoms with van der Waals surface area (Å²) < 4.78 is 5.75. The van der Waals surface area contributed by atoms with E-state index in [9.17, 15) is 9.90 Å². The molecule has 2 aliphatic rings. The smallest absolute Gasteiger partial charge is 0.239 e. The van der Waals surface area contributed by atoms with Gasteiger partial charge in [-0.1, -0.05) is 0 Å². The summed E-state index contributed by atoms with van der Waals surface area (Å²) in [5.41, 5.74) is 2.07. The molecule has 0 radical (unpaired) electrons. The molecule has 0 atom stereocenters. The second-order valence-electron chi connectivity index (χ2n) is 8.62. The maximum atomic E-state index is 12.2. The van der Waals surface area contributed by atoms with Crippen LogP contribution in [0.3, 0.4) is 0 Å². The van der Waals surface area contributed by atoms with Crippen LogP contribution in [0, 0.1) is 0 Å². The van der Waals surface area contributed by atoms with Crippen molar-refractivity contribution in [1.82, 2.24) is 20.3 Å². The van der Waals surface area contributed by atoms with E-state index in [0.29, 0.717) is 17.3 Å². The average molecular weight is 412 g/mol. The summed E-state index contributed by atoms with van der Waals surface area (Å²) in [6.07, 6.45) is 6.06. The number of pyridine rings is 1. The molecule has 1 saturated carbocycles. The van der Waals surface area contributed by atoms with E-state index in [4.69, 9.17) is 14.7 Å². The predicted octanol–water partition coefficient (Wildman–Crippen LogP) is 1.89. The van der Waals surface area contributed by atoms with E-state index in [1.807, 2.05) is 25.8 Å². The van der Waals surface area contributed by atoms with Gasteiger partial charge in [0.15, 0.2) is 5.82 Å². The number of hydrogen-bond donors (Lipinski definition) is 2. The molecule has 4 rings (SSSR count). The topological polar surface area (TPSA) is 100 Å². The minimum absolute atomic E-state index is 0.0362. The van der Waals surface area contributed by atoms with Crippen LogP contribution in [0.2, 0.25) is 0 Å². The van der Waals surface area contributed by atoms with Gasteiger partial charge in [-0.25, -0.2) is 9.97 Å². The normalized spacial score (nSPS) is 16.3. The van der Waals surface area contributed by atoms with Crippen LogP contribution in [0.1, 0.15) is 44.4 Å². The molecule has 0 saturated heterocycles. The summed E-state index contributed by atoms with van der Waals surface area (Å²) in [5, 5.41) is 12.9. The lowest BCUT2D eigenvalue weighted by Gasteiger charge is -2.22. The molecule has 2 aliphatic carbocycles. The Morgan fingerprint density at radius 1 is 1.33 bits per heavy atom. The fourth-order valence-electron chi connectivity index (χ4n) is 3.63. The highest BCUT2D eigenvalue weighted by Gasteiger charge is 2.41. The van der Waals surface area contributed by atoms with Crippen LogP contribution in [0.15, 0.2) is 18.3 Å². The zero-order valence-electron chi connectivity index (χ0n) is 17.8. The predicted molar refractivity (Wildman–Crippen MR) is 114 cm³/mol. The molecule has 2 heterocycles. The van der Waals surface area contributed by atoms with Gasteiger partial charge in [0.05, 0.1) is 12.1 Å². The van der Waals surface area contributed by atoms with E-state index in [-0.39, 0.29) is 25.1 Å². The summed E-state index contributed by atoms with van der Waals surface area (Å²) in [4.78, 5) is 28.1. The second-order valence-corrected chi connectivity index (χ2v) is 8.62. The van der Waals surface area contributed by atoms with Crippen LogP contribution in [-0.2, 0) is 17.6 Å². The minimum Gasteiger partial charge on any atom is -0.490 e. The van der Waals surface area contributed by atoms with Crippen molar-refractivity contribution >= 4 is 11.7 Å². The maximum Gasteiger partial charge on any atom is 0.239 e. The lowest BCUT2D eigenvalue weighted by atomic mass is 10.2. The van der Waals surface area contributed by atoms with Gasteiger partial charge in [-0.05, 0) is 52.0 Å². The molecule has 0 bridgehead atoms. The van der Waals surface area contributed by atoms with E-state index >= 15 is 0 Å². The number of likely N-dealkylation sites (N-methyl/N-ethyl adjacent to an activating group) is 1. The van der Waals surface area contributed by atoms with Gasteiger partial charge in [0, 0.05) is 36.6 Å². The third-order valence-electron chi connectivity index (χ3n) is 5.40. The van der Waals surface area contributed by atoms with Gasteiger partial charge < -0.3 is 20.1 Å². The molecule has 1 fully saturated rings. The van der Waals surface area contributed by atoms with Gasteiger partial charge in [0.2, 0.25) is 5.91 Å². The SMILES string of the molecule is CC(C)NC(=O)CN(C)c1nc(-c2cc(OCC3(O)CC3)ccn2)nc2c1CCC2. The Balaban J connectivity index is 1.58. The molecule has 2 aromatic heterocycles. The number of aliphatic hydroxyl groups is 1. The number of hydrogen-bond acceptors (Lipinski definition) is 7. The van der Waals surface area contributed by atoms with E-state index in [1.165, 1.54) is 0 Å². The van der Waals surface area contributed by atoms with E-state index in [2.05, 4.69) is 10.3 Å². The minimum atomic E-state index is -0.681. The molecule has 2 N–H and O–H groups in total. The Bertz CT molecular complexity index is 942. The Morgan fingerprint density at radius 2 is 2.13 bits per heavy atom. The first-order chi connectivity index (χ1) is 14.3. The molecule has 30 heavy (non-hydrogen) atoms. The molecule has 1 amide bonds. The van der Waals surface area contributed by atoms with Crippen molar-refractivity contribution in [2.24, 2.45) is 0 Å². The largest absolute Gasteiger partial charge is 0.490 e. The molecular formula is C22H29N5O3. The number of ether oxygens (including phenoxy) is 1. The molecule has 0 spiro atoms. The maximum absolute atomic E-state index is 12.2. The second kappa shape index (κ2) is 8.18. The first-order valence-electron chi connectivity index (χ1n) is 10.5. The quantitative estimate of drug-likeness (QED) is 0.684. The van der Waals surface area contributed by atoms with Crippen molar-refractivity contribution < 1.29 is 14.6 Å². The summed E-state index contributed by atoms with van der Waals surface area (Å²) in [5.74, 6) is 1.91. The molecule has 160 valence electrons. The Kier molecular flexibility index (Phi) is 5.60. The number of rotatable bonds is 8. The van der Waals surface area contributed by atoms with Gasteiger partial charge in [-0.15, -0.1) is 0 Å². The number of nitrogens with one attached hydrogen (secondary N) is 1. The van der Waals surface area contributed by atoms with E-state index in [0.717, 1.165) is 49.2 Å². The van der Waals surface area contributed by atoms with Crippen LogP contribution >= 0.6 is 0 Å². The lowest BCUT2D eigenvalue weighted by Crippen LogP contribution is -2.39. The van der Waals surface area contributed by atoms with Crippen LogP contribution in [0.4, 0.5) is 5.82 Å². The van der Waals surface area contributed by atoms with Crippen LogP contribution < -0.4 is 15.0 Å². The molecule has 0 unspecified atom stereocenters. The number of amides is 1. The summed E-state index contributed by atoms with van der Waals surface area (Å²) in [6, 6.07) is 3.67. The van der Waals surface area contributed by atoms with Crippen molar-refractivity contribution in [1.29, 1.82) is 0 Å². The molecular weight excluding hydrogens is 382 g/mol. The average Bonchev–Trinajstić information content (AvgIpc) is 3.24. The van der Waals surface area contributed by atoms with Crippen LogP contribution in [0.25, 0.3) is 11.5 Å². The zero-order chi connectivity index (χ0) is 21.3. The first-order valence-corrected chi connectivity index (χ1v) is 10.5. The van der Waals surface area contributed by atoms with Gasteiger partial charge in [0.1, 0.15) is 23.9 Å². The highest BCUT2D eigenvalue weighted by atomic mass is 16.5. The Morgan fingerprint density at radius 3 is 2.87 bits per heavy atom. The lowest BCUT2D eigenvalue weighted by molar-refractivity contribution is -0.120. The standard InChI is InChI=1S/C22H29N5O3/c1-14(2)24-19(28)12-27(3)21-16-5-4-6-17(16)25-20(26-21)18-11-15(7-10-23-18)30-13-22(29)8-9-22/h7,10-11,14,29H,4-6,8-9,12-13H2,1-3H3,(H,24,28). The van der Waals surface area contributed by atoms with Crippen molar-refractivity contribution in [2.75, 3.05) is 25.1 Å². The number of aromatic nitrogens is 3. The van der Waals surface area contributed by atoms with Gasteiger partial charge in [-0.2, -0.15) is 0 Å². The molecule has 8 heteroatoms. The Labute approximate surface area is 176 Å². The van der Waals surface area contributed by atoms with Crippen molar-refractivity contribution in [3.05, 3.63) is 29.6 Å². The van der Waals surface area contributed by atoms with Gasteiger partial charge >= 0.3 is 0 Å². The number of anilines is 1.